The van der Waals surface area contributed by atoms with Gasteiger partial charge in [0.15, 0.2) is 0 Å². The number of carbonyl (C=O) groups is 1. The molecule has 110 valence electrons. The van der Waals surface area contributed by atoms with Crippen LogP contribution in [0.3, 0.4) is 0 Å². The van der Waals surface area contributed by atoms with Crippen molar-refractivity contribution in [2.24, 2.45) is 0 Å². The molecule has 3 nitrogen and oxygen atoms in total. The largest absolute Gasteiger partial charge is 0.490 e. The fourth-order valence-corrected chi connectivity index (χ4v) is 2.07. The van der Waals surface area contributed by atoms with Crippen LogP contribution in [-0.2, 0) is 11.2 Å². The topological polar surface area (TPSA) is 35.5 Å². The molecule has 2 rings (SSSR count). The Morgan fingerprint density at radius 3 is 2.52 bits per heavy atom. The quantitative estimate of drug-likeness (QED) is 0.598. The molecule has 0 aromatic heterocycles. The van der Waals surface area contributed by atoms with Gasteiger partial charge in [-0.1, -0.05) is 31.2 Å². The van der Waals surface area contributed by atoms with E-state index in [-0.39, 0.29) is 12.6 Å². The fraction of sp³-hybridized carbons (Fsp3) is 0.278. The number of esters is 1. The average Bonchev–Trinajstić information content (AvgIpc) is 2.53. The molecule has 0 bridgehead atoms. The van der Waals surface area contributed by atoms with Gasteiger partial charge in [-0.25, -0.2) is 4.79 Å². The highest BCUT2D eigenvalue weighted by Crippen LogP contribution is 2.13. The molecule has 0 N–H and O–H groups in total. The predicted octanol–water partition coefficient (Wildman–Crippen LogP) is 3.79. The van der Waals surface area contributed by atoms with E-state index in [0.29, 0.717) is 12.2 Å². The Hall–Kier alpha value is -2.29. The van der Waals surface area contributed by atoms with E-state index in [1.54, 1.807) is 6.07 Å². The standard InChI is InChI=1S/C18H20O3/c1-3-15-13-16(10-9-14(15)2)18(19)21-12-11-20-17-7-5-4-6-8-17/h4-10,13H,3,11-12H2,1-2H3. The van der Waals surface area contributed by atoms with Crippen molar-refractivity contribution in [3.63, 3.8) is 0 Å². The zero-order valence-corrected chi connectivity index (χ0v) is 12.5. The Bertz CT molecular complexity index is 591. The Morgan fingerprint density at radius 2 is 1.81 bits per heavy atom. The van der Waals surface area contributed by atoms with Crippen molar-refractivity contribution < 1.29 is 14.3 Å². The van der Waals surface area contributed by atoms with Crippen molar-refractivity contribution in [3.8, 4) is 5.75 Å². The number of hydrogen-bond donors (Lipinski definition) is 0. The zero-order valence-electron chi connectivity index (χ0n) is 12.5. The minimum atomic E-state index is -0.304. The molecular weight excluding hydrogens is 264 g/mol. The molecule has 0 heterocycles. The molecule has 2 aromatic rings. The highest BCUT2D eigenvalue weighted by molar-refractivity contribution is 5.89. The molecule has 0 saturated heterocycles. The van der Waals surface area contributed by atoms with E-state index in [4.69, 9.17) is 9.47 Å². The summed E-state index contributed by atoms with van der Waals surface area (Å²) >= 11 is 0. The maximum absolute atomic E-state index is 12.0. The molecule has 0 atom stereocenters. The molecule has 0 aliphatic heterocycles. The third-order valence-electron chi connectivity index (χ3n) is 3.29. The number of para-hydroxylation sites is 1. The van der Waals surface area contributed by atoms with E-state index in [1.807, 2.05) is 49.4 Å². The molecule has 0 unspecified atom stereocenters. The van der Waals surface area contributed by atoms with Crippen LogP contribution in [0.4, 0.5) is 0 Å². The third-order valence-corrected chi connectivity index (χ3v) is 3.29. The van der Waals surface area contributed by atoms with Gasteiger partial charge >= 0.3 is 5.97 Å². The first kappa shape index (κ1) is 15.1. The van der Waals surface area contributed by atoms with Crippen molar-refractivity contribution in [1.82, 2.24) is 0 Å². The lowest BCUT2D eigenvalue weighted by Gasteiger charge is -2.09. The minimum absolute atomic E-state index is 0.239. The molecule has 0 saturated carbocycles. The summed E-state index contributed by atoms with van der Waals surface area (Å²) in [4.78, 5) is 12.0. The molecule has 0 amide bonds. The highest BCUT2D eigenvalue weighted by atomic mass is 16.6. The lowest BCUT2D eigenvalue weighted by Crippen LogP contribution is -2.12. The van der Waals surface area contributed by atoms with Crippen LogP contribution in [0, 0.1) is 6.92 Å². The van der Waals surface area contributed by atoms with E-state index in [0.717, 1.165) is 12.2 Å². The van der Waals surface area contributed by atoms with Crippen molar-refractivity contribution >= 4 is 5.97 Å². The van der Waals surface area contributed by atoms with Crippen LogP contribution in [0.15, 0.2) is 48.5 Å². The molecule has 2 aromatic carbocycles. The number of hydrogen-bond acceptors (Lipinski definition) is 3. The second-order valence-corrected chi connectivity index (χ2v) is 4.79. The Kier molecular flexibility index (Phi) is 5.38. The van der Waals surface area contributed by atoms with E-state index in [1.165, 1.54) is 11.1 Å². The molecular formula is C18H20O3. The van der Waals surface area contributed by atoms with E-state index in [9.17, 15) is 4.79 Å². The molecule has 0 fully saturated rings. The number of rotatable bonds is 6. The molecule has 0 aliphatic carbocycles. The van der Waals surface area contributed by atoms with Crippen LogP contribution < -0.4 is 4.74 Å². The van der Waals surface area contributed by atoms with E-state index in [2.05, 4.69) is 6.92 Å². The highest BCUT2D eigenvalue weighted by Gasteiger charge is 2.08. The van der Waals surface area contributed by atoms with Crippen LogP contribution in [0.2, 0.25) is 0 Å². The molecule has 0 spiro atoms. The first-order valence-corrected chi connectivity index (χ1v) is 7.15. The first-order valence-electron chi connectivity index (χ1n) is 7.15. The first-order chi connectivity index (χ1) is 10.2. The monoisotopic (exact) mass is 284 g/mol. The summed E-state index contributed by atoms with van der Waals surface area (Å²) in [6.07, 6.45) is 0.907. The summed E-state index contributed by atoms with van der Waals surface area (Å²) in [6, 6.07) is 15.1. The summed E-state index contributed by atoms with van der Waals surface area (Å²) in [6.45, 7) is 4.71. The van der Waals surface area contributed by atoms with Crippen LogP contribution in [0.1, 0.15) is 28.4 Å². The van der Waals surface area contributed by atoms with Gasteiger partial charge in [-0.2, -0.15) is 0 Å². The van der Waals surface area contributed by atoms with Gasteiger partial charge < -0.3 is 9.47 Å². The Labute approximate surface area is 125 Å². The SMILES string of the molecule is CCc1cc(C(=O)OCCOc2ccccc2)ccc1C. The number of ether oxygens (including phenoxy) is 2. The Morgan fingerprint density at radius 1 is 1.05 bits per heavy atom. The summed E-state index contributed by atoms with van der Waals surface area (Å²) in [5.74, 6) is 0.471. The van der Waals surface area contributed by atoms with Crippen molar-refractivity contribution in [2.45, 2.75) is 20.3 Å². The predicted molar refractivity (Wildman–Crippen MR) is 82.8 cm³/mol. The van der Waals surface area contributed by atoms with Gasteiger partial charge in [0.05, 0.1) is 5.56 Å². The second kappa shape index (κ2) is 7.48. The summed E-state index contributed by atoms with van der Waals surface area (Å²) in [5.41, 5.74) is 2.96. The third kappa shape index (κ3) is 4.35. The second-order valence-electron chi connectivity index (χ2n) is 4.79. The van der Waals surface area contributed by atoms with Crippen molar-refractivity contribution in [3.05, 3.63) is 65.2 Å². The van der Waals surface area contributed by atoms with Crippen LogP contribution in [0.5, 0.6) is 5.75 Å². The van der Waals surface area contributed by atoms with Crippen molar-refractivity contribution in [1.29, 1.82) is 0 Å². The van der Waals surface area contributed by atoms with E-state index >= 15 is 0 Å². The zero-order chi connectivity index (χ0) is 15.1. The molecule has 21 heavy (non-hydrogen) atoms. The van der Waals surface area contributed by atoms with Gasteiger partial charge in [0.1, 0.15) is 19.0 Å². The lowest BCUT2D eigenvalue weighted by atomic mass is 10.0. The van der Waals surface area contributed by atoms with Crippen LogP contribution in [-0.4, -0.2) is 19.2 Å². The number of carbonyl (C=O) groups excluding carboxylic acids is 1. The normalized spacial score (nSPS) is 10.2. The van der Waals surface area contributed by atoms with Gasteiger partial charge in [0.25, 0.3) is 0 Å². The van der Waals surface area contributed by atoms with Crippen LogP contribution >= 0.6 is 0 Å². The Balaban J connectivity index is 1.82. The number of aryl methyl sites for hydroxylation is 2. The smallest absolute Gasteiger partial charge is 0.338 e. The lowest BCUT2D eigenvalue weighted by molar-refractivity contribution is 0.0450. The van der Waals surface area contributed by atoms with Crippen LogP contribution in [0.25, 0.3) is 0 Å². The van der Waals surface area contributed by atoms with Gasteiger partial charge in [-0.3, -0.25) is 0 Å². The molecule has 0 radical (unpaired) electrons. The summed E-state index contributed by atoms with van der Waals surface area (Å²) < 4.78 is 10.7. The molecule has 0 aliphatic rings. The molecule has 3 heteroatoms. The maximum atomic E-state index is 12.0. The minimum Gasteiger partial charge on any atom is -0.490 e. The van der Waals surface area contributed by atoms with Gasteiger partial charge in [-0.05, 0) is 48.7 Å². The van der Waals surface area contributed by atoms with Crippen molar-refractivity contribution in [2.75, 3.05) is 13.2 Å². The van der Waals surface area contributed by atoms with Gasteiger partial charge in [0.2, 0.25) is 0 Å². The van der Waals surface area contributed by atoms with Gasteiger partial charge in [0, 0.05) is 0 Å². The fourth-order valence-electron chi connectivity index (χ4n) is 2.07. The summed E-state index contributed by atoms with van der Waals surface area (Å²) in [7, 11) is 0. The summed E-state index contributed by atoms with van der Waals surface area (Å²) in [5, 5.41) is 0. The number of benzene rings is 2. The van der Waals surface area contributed by atoms with E-state index < -0.39 is 0 Å². The maximum Gasteiger partial charge on any atom is 0.338 e. The van der Waals surface area contributed by atoms with Gasteiger partial charge in [-0.15, -0.1) is 0 Å². The average molecular weight is 284 g/mol.